The summed E-state index contributed by atoms with van der Waals surface area (Å²) in [6, 6.07) is -0.353. The number of nitrogens with one attached hydrogen (secondary N) is 1. The molecule has 1 aliphatic rings. The van der Waals surface area contributed by atoms with Crippen LogP contribution < -0.4 is 11.1 Å². The molecule has 0 spiro atoms. The molecule has 0 aromatic carbocycles. The molecule has 1 atom stereocenters. The summed E-state index contributed by atoms with van der Waals surface area (Å²) in [5, 5.41) is 2.05. The van der Waals surface area contributed by atoms with Crippen LogP contribution in [0.15, 0.2) is 0 Å². The Labute approximate surface area is 92.6 Å². The molecular formula is C10H17F3N2O. The minimum Gasteiger partial charge on any atom is -0.342 e. The van der Waals surface area contributed by atoms with Crippen LogP contribution in [-0.2, 0) is 4.79 Å². The van der Waals surface area contributed by atoms with Gasteiger partial charge in [-0.15, -0.1) is 0 Å². The minimum absolute atomic E-state index is 0.0226. The van der Waals surface area contributed by atoms with Gasteiger partial charge < -0.3 is 11.1 Å². The van der Waals surface area contributed by atoms with E-state index in [0.29, 0.717) is 6.42 Å². The normalized spacial score (nSPS) is 20.3. The number of carbonyl (C=O) groups is 1. The van der Waals surface area contributed by atoms with Crippen LogP contribution in [0.4, 0.5) is 13.2 Å². The highest BCUT2D eigenvalue weighted by Gasteiger charge is 2.64. The molecule has 1 rings (SSSR count). The maximum Gasteiger partial charge on any atom is 0.411 e. The molecular weight excluding hydrogens is 221 g/mol. The smallest absolute Gasteiger partial charge is 0.342 e. The van der Waals surface area contributed by atoms with Gasteiger partial charge in [-0.3, -0.25) is 4.79 Å². The molecule has 0 aromatic rings. The van der Waals surface area contributed by atoms with E-state index in [2.05, 4.69) is 5.32 Å². The van der Waals surface area contributed by atoms with E-state index in [1.54, 1.807) is 0 Å². The Morgan fingerprint density at radius 3 is 2.44 bits per heavy atom. The maximum atomic E-state index is 12.5. The predicted octanol–water partition coefficient (Wildman–Crippen LogP) is 1.71. The van der Waals surface area contributed by atoms with Crippen LogP contribution in [0.5, 0.6) is 0 Å². The fourth-order valence-electron chi connectivity index (χ4n) is 1.63. The number of hydrogen-bond donors (Lipinski definition) is 2. The Morgan fingerprint density at radius 1 is 1.50 bits per heavy atom. The molecule has 0 heterocycles. The topological polar surface area (TPSA) is 55.1 Å². The van der Waals surface area contributed by atoms with E-state index in [1.165, 1.54) is 0 Å². The lowest BCUT2D eigenvalue weighted by molar-refractivity contribution is -0.170. The fraction of sp³-hybridized carbons (Fsp3) is 0.900. The third kappa shape index (κ3) is 3.10. The molecule has 6 heteroatoms. The first-order valence-electron chi connectivity index (χ1n) is 5.44. The number of alkyl halides is 3. The zero-order chi connectivity index (χ0) is 12.4. The van der Waals surface area contributed by atoms with E-state index in [4.69, 9.17) is 5.73 Å². The van der Waals surface area contributed by atoms with Gasteiger partial charge in [-0.25, -0.2) is 0 Å². The number of halogens is 3. The Balaban J connectivity index is 2.41. The zero-order valence-corrected chi connectivity index (χ0v) is 9.23. The van der Waals surface area contributed by atoms with Crippen LogP contribution in [0.2, 0.25) is 0 Å². The van der Waals surface area contributed by atoms with Crippen molar-refractivity contribution in [3.05, 3.63) is 0 Å². The van der Waals surface area contributed by atoms with Gasteiger partial charge in [-0.05, 0) is 19.3 Å². The van der Waals surface area contributed by atoms with Gasteiger partial charge in [0.05, 0.1) is 0 Å². The quantitative estimate of drug-likeness (QED) is 0.766. The summed E-state index contributed by atoms with van der Waals surface area (Å²) < 4.78 is 37.5. The lowest BCUT2D eigenvalue weighted by Gasteiger charge is -2.21. The summed E-state index contributed by atoms with van der Waals surface area (Å²) in [5.41, 5.74) is 3.63. The van der Waals surface area contributed by atoms with E-state index in [1.807, 2.05) is 6.92 Å². The fourth-order valence-corrected chi connectivity index (χ4v) is 1.63. The van der Waals surface area contributed by atoms with Crippen molar-refractivity contribution >= 4 is 5.91 Å². The summed E-state index contributed by atoms with van der Waals surface area (Å²) in [7, 11) is 0. The molecule has 16 heavy (non-hydrogen) atoms. The average molecular weight is 238 g/mol. The highest BCUT2D eigenvalue weighted by atomic mass is 19.4. The van der Waals surface area contributed by atoms with Crippen LogP contribution in [0.3, 0.4) is 0 Å². The molecule has 0 radical (unpaired) electrons. The molecule has 1 amide bonds. The second-order valence-electron chi connectivity index (χ2n) is 4.38. The third-order valence-electron chi connectivity index (χ3n) is 2.78. The zero-order valence-electron chi connectivity index (χ0n) is 9.23. The predicted molar refractivity (Wildman–Crippen MR) is 53.7 cm³/mol. The van der Waals surface area contributed by atoms with Crippen molar-refractivity contribution in [3.8, 4) is 0 Å². The van der Waals surface area contributed by atoms with Crippen LogP contribution in [0, 0.1) is 0 Å². The van der Waals surface area contributed by atoms with Crippen molar-refractivity contribution in [2.24, 2.45) is 5.73 Å². The largest absolute Gasteiger partial charge is 0.411 e. The molecule has 0 aliphatic heterocycles. The van der Waals surface area contributed by atoms with Crippen molar-refractivity contribution in [2.75, 3.05) is 0 Å². The Hall–Kier alpha value is -0.780. The molecule has 0 saturated heterocycles. The van der Waals surface area contributed by atoms with E-state index in [0.717, 1.165) is 6.42 Å². The monoisotopic (exact) mass is 238 g/mol. The van der Waals surface area contributed by atoms with Crippen LogP contribution in [0.1, 0.15) is 39.0 Å². The van der Waals surface area contributed by atoms with Gasteiger partial charge in [0, 0.05) is 12.5 Å². The van der Waals surface area contributed by atoms with Crippen LogP contribution in [-0.4, -0.2) is 23.7 Å². The summed E-state index contributed by atoms with van der Waals surface area (Å²) in [6.45, 7) is 1.91. The van der Waals surface area contributed by atoms with Crippen molar-refractivity contribution in [1.82, 2.24) is 5.32 Å². The van der Waals surface area contributed by atoms with Crippen molar-refractivity contribution in [2.45, 2.75) is 56.8 Å². The Bertz CT molecular complexity index is 261. The first-order chi connectivity index (χ1) is 7.31. The van der Waals surface area contributed by atoms with E-state index < -0.39 is 17.6 Å². The number of amides is 1. The molecule has 1 fully saturated rings. The van der Waals surface area contributed by atoms with Gasteiger partial charge in [0.2, 0.25) is 5.91 Å². The summed E-state index contributed by atoms with van der Waals surface area (Å²) in [5.74, 6) is -0.601. The van der Waals surface area contributed by atoms with Gasteiger partial charge in [0.1, 0.15) is 5.54 Å². The van der Waals surface area contributed by atoms with Crippen LogP contribution >= 0.6 is 0 Å². The van der Waals surface area contributed by atoms with Gasteiger partial charge in [-0.1, -0.05) is 13.3 Å². The molecule has 1 aliphatic carbocycles. The first-order valence-corrected chi connectivity index (χ1v) is 5.44. The van der Waals surface area contributed by atoms with E-state index in [9.17, 15) is 18.0 Å². The molecule has 94 valence electrons. The second kappa shape index (κ2) is 4.61. The highest BCUT2D eigenvalue weighted by molar-refractivity contribution is 5.78. The summed E-state index contributed by atoms with van der Waals surface area (Å²) in [6.07, 6.45) is -2.97. The van der Waals surface area contributed by atoms with Crippen molar-refractivity contribution in [1.29, 1.82) is 0 Å². The van der Waals surface area contributed by atoms with Crippen molar-refractivity contribution < 1.29 is 18.0 Å². The Morgan fingerprint density at radius 2 is 2.06 bits per heavy atom. The highest BCUT2D eigenvalue weighted by Crippen LogP contribution is 2.48. The minimum atomic E-state index is -4.35. The first kappa shape index (κ1) is 13.3. The number of rotatable bonds is 5. The average Bonchev–Trinajstić information content (AvgIpc) is 2.83. The maximum absolute atomic E-state index is 12.5. The van der Waals surface area contributed by atoms with Crippen LogP contribution in [0.25, 0.3) is 0 Å². The molecule has 0 aromatic heterocycles. The lowest BCUT2D eigenvalue weighted by atomic mass is 10.1. The second-order valence-corrected chi connectivity index (χ2v) is 4.38. The number of nitrogens with two attached hydrogens (primary N) is 1. The van der Waals surface area contributed by atoms with Gasteiger partial charge in [0.25, 0.3) is 0 Å². The summed E-state index contributed by atoms with van der Waals surface area (Å²) >= 11 is 0. The molecule has 3 N–H and O–H groups in total. The van der Waals surface area contributed by atoms with Gasteiger partial charge >= 0.3 is 6.18 Å². The van der Waals surface area contributed by atoms with Gasteiger partial charge in [-0.2, -0.15) is 13.2 Å². The lowest BCUT2D eigenvalue weighted by Crippen LogP contribution is -2.49. The number of carbonyl (C=O) groups excluding carboxylic acids is 1. The van der Waals surface area contributed by atoms with E-state index >= 15 is 0 Å². The third-order valence-corrected chi connectivity index (χ3v) is 2.78. The molecule has 1 unspecified atom stereocenters. The SMILES string of the molecule is CCCC(N)CC(=O)NC1(C(F)(F)F)CC1. The van der Waals surface area contributed by atoms with E-state index in [-0.39, 0.29) is 25.3 Å². The standard InChI is InChI=1S/C10H17F3N2O/c1-2-3-7(14)6-8(16)15-9(4-5-9)10(11,12)13/h7H,2-6,14H2,1H3,(H,15,16). The molecule has 3 nitrogen and oxygen atoms in total. The Kier molecular flexibility index (Phi) is 3.83. The van der Waals surface area contributed by atoms with Crippen molar-refractivity contribution in [3.63, 3.8) is 0 Å². The molecule has 0 bridgehead atoms. The number of hydrogen-bond acceptors (Lipinski definition) is 2. The summed E-state index contributed by atoms with van der Waals surface area (Å²) in [4.78, 5) is 11.3. The van der Waals surface area contributed by atoms with Gasteiger partial charge in [0.15, 0.2) is 0 Å². The molecule has 1 saturated carbocycles.